The molecule has 0 aliphatic carbocycles. The third kappa shape index (κ3) is 3.90. The lowest BCUT2D eigenvalue weighted by Crippen LogP contribution is -2.32. The van der Waals surface area contributed by atoms with E-state index in [2.05, 4.69) is 5.32 Å². The van der Waals surface area contributed by atoms with Gasteiger partial charge in [0.15, 0.2) is 0 Å². The number of hydrogen-bond donors (Lipinski definition) is 2. The summed E-state index contributed by atoms with van der Waals surface area (Å²) < 4.78 is 4.94. The monoisotopic (exact) mass is 223 g/mol. The SMILES string of the molecule is CC(C)OC(=O)N[C@@H](CO)c1ccccc1. The number of benzene rings is 1. The largest absolute Gasteiger partial charge is 0.447 e. The van der Waals surface area contributed by atoms with Gasteiger partial charge in [-0.05, 0) is 19.4 Å². The molecule has 0 saturated heterocycles. The average Bonchev–Trinajstić information content (AvgIpc) is 2.26. The van der Waals surface area contributed by atoms with E-state index in [-0.39, 0.29) is 12.7 Å². The Hall–Kier alpha value is -1.55. The minimum atomic E-state index is -0.516. The molecule has 1 amide bonds. The molecule has 0 aromatic heterocycles. The van der Waals surface area contributed by atoms with Gasteiger partial charge in [0.1, 0.15) is 0 Å². The number of aliphatic hydroxyl groups is 1. The van der Waals surface area contributed by atoms with Crippen LogP contribution < -0.4 is 5.32 Å². The minimum Gasteiger partial charge on any atom is -0.447 e. The van der Waals surface area contributed by atoms with E-state index < -0.39 is 12.1 Å². The molecule has 0 radical (unpaired) electrons. The summed E-state index contributed by atoms with van der Waals surface area (Å²) in [5, 5.41) is 11.8. The molecule has 0 saturated carbocycles. The molecule has 0 unspecified atom stereocenters. The summed E-state index contributed by atoms with van der Waals surface area (Å²) in [5.74, 6) is 0. The number of alkyl carbamates (subject to hydrolysis) is 1. The van der Waals surface area contributed by atoms with Gasteiger partial charge in [0.05, 0.1) is 18.8 Å². The van der Waals surface area contributed by atoms with Gasteiger partial charge in [0.2, 0.25) is 0 Å². The zero-order valence-electron chi connectivity index (χ0n) is 9.51. The third-order valence-corrected chi connectivity index (χ3v) is 2.02. The van der Waals surface area contributed by atoms with Crippen molar-refractivity contribution in [3.8, 4) is 0 Å². The molecule has 1 rings (SSSR count). The van der Waals surface area contributed by atoms with Crippen LogP contribution in [0.15, 0.2) is 30.3 Å². The summed E-state index contributed by atoms with van der Waals surface area (Å²) in [4.78, 5) is 11.4. The van der Waals surface area contributed by atoms with Crippen molar-refractivity contribution in [3.63, 3.8) is 0 Å². The predicted octanol–water partition coefficient (Wildman–Crippen LogP) is 1.85. The lowest BCUT2D eigenvalue weighted by atomic mass is 10.1. The van der Waals surface area contributed by atoms with Crippen LogP contribution in [0.2, 0.25) is 0 Å². The number of ether oxygens (including phenoxy) is 1. The summed E-state index contributed by atoms with van der Waals surface area (Å²) >= 11 is 0. The third-order valence-electron chi connectivity index (χ3n) is 2.02. The Morgan fingerprint density at radius 3 is 2.50 bits per heavy atom. The van der Waals surface area contributed by atoms with Crippen LogP contribution in [-0.2, 0) is 4.74 Å². The zero-order valence-corrected chi connectivity index (χ0v) is 9.51. The molecule has 4 nitrogen and oxygen atoms in total. The molecule has 1 aromatic rings. The summed E-state index contributed by atoms with van der Waals surface area (Å²) in [6.45, 7) is 3.39. The van der Waals surface area contributed by atoms with Crippen LogP contribution in [0.5, 0.6) is 0 Å². The van der Waals surface area contributed by atoms with Gasteiger partial charge in [-0.3, -0.25) is 0 Å². The normalized spacial score (nSPS) is 12.2. The maximum Gasteiger partial charge on any atom is 0.407 e. The molecule has 0 spiro atoms. The van der Waals surface area contributed by atoms with Crippen LogP contribution >= 0.6 is 0 Å². The number of rotatable bonds is 4. The van der Waals surface area contributed by atoms with Crippen LogP contribution in [-0.4, -0.2) is 23.9 Å². The minimum absolute atomic E-state index is 0.156. The maximum absolute atomic E-state index is 11.4. The fourth-order valence-electron chi connectivity index (χ4n) is 1.31. The van der Waals surface area contributed by atoms with Gasteiger partial charge in [-0.2, -0.15) is 0 Å². The lowest BCUT2D eigenvalue weighted by molar-refractivity contribution is 0.107. The number of hydrogen-bond acceptors (Lipinski definition) is 3. The molecule has 1 aromatic carbocycles. The highest BCUT2D eigenvalue weighted by Gasteiger charge is 2.14. The molecule has 2 N–H and O–H groups in total. The molecule has 0 heterocycles. The first-order valence-corrected chi connectivity index (χ1v) is 5.26. The second-order valence-corrected chi connectivity index (χ2v) is 3.74. The second-order valence-electron chi connectivity index (χ2n) is 3.74. The lowest BCUT2D eigenvalue weighted by Gasteiger charge is -2.17. The number of carbonyl (C=O) groups excluding carboxylic acids is 1. The highest BCUT2D eigenvalue weighted by atomic mass is 16.6. The molecule has 4 heteroatoms. The fourth-order valence-corrected chi connectivity index (χ4v) is 1.31. The van der Waals surface area contributed by atoms with Gasteiger partial charge in [0.25, 0.3) is 0 Å². The van der Waals surface area contributed by atoms with Crippen molar-refractivity contribution >= 4 is 6.09 Å². The van der Waals surface area contributed by atoms with Gasteiger partial charge >= 0.3 is 6.09 Å². The van der Waals surface area contributed by atoms with Crippen molar-refractivity contribution in [2.45, 2.75) is 26.0 Å². The summed E-state index contributed by atoms with van der Waals surface area (Å²) in [5.41, 5.74) is 0.853. The maximum atomic E-state index is 11.4. The quantitative estimate of drug-likeness (QED) is 0.819. The average molecular weight is 223 g/mol. The van der Waals surface area contributed by atoms with Crippen molar-refractivity contribution in [1.82, 2.24) is 5.32 Å². The Morgan fingerprint density at radius 2 is 2.00 bits per heavy atom. The van der Waals surface area contributed by atoms with Crippen molar-refractivity contribution in [2.24, 2.45) is 0 Å². The number of nitrogens with one attached hydrogen (secondary N) is 1. The highest BCUT2D eigenvalue weighted by Crippen LogP contribution is 2.11. The summed E-state index contributed by atoms with van der Waals surface area (Å²) in [6.07, 6.45) is -0.687. The van der Waals surface area contributed by atoms with Crippen LogP contribution in [0.1, 0.15) is 25.5 Å². The molecular formula is C12H17NO3. The Balaban J connectivity index is 2.59. The molecule has 0 aliphatic rings. The van der Waals surface area contributed by atoms with E-state index in [1.807, 2.05) is 30.3 Å². The molecule has 16 heavy (non-hydrogen) atoms. The van der Waals surface area contributed by atoms with Crippen LogP contribution in [0, 0.1) is 0 Å². The topological polar surface area (TPSA) is 58.6 Å². The Bertz CT molecular complexity index is 324. The summed E-state index contributed by atoms with van der Waals surface area (Å²) in [6, 6.07) is 8.85. The van der Waals surface area contributed by atoms with E-state index in [9.17, 15) is 9.90 Å². The van der Waals surface area contributed by atoms with Gasteiger partial charge in [-0.25, -0.2) is 4.79 Å². The van der Waals surface area contributed by atoms with Crippen molar-refractivity contribution in [1.29, 1.82) is 0 Å². The van der Waals surface area contributed by atoms with Crippen molar-refractivity contribution in [3.05, 3.63) is 35.9 Å². The number of aliphatic hydroxyl groups excluding tert-OH is 1. The Kier molecular flexibility index (Phi) is 4.79. The van der Waals surface area contributed by atoms with Crippen molar-refractivity contribution < 1.29 is 14.6 Å². The molecule has 0 aliphatic heterocycles. The first-order valence-electron chi connectivity index (χ1n) is 5.26. The highest BCUT2D eigenvalue weighted by molar-refractivity contribution is 5.68. The van der Waals surface area contributed by atoms with Gasteiger partial charge in [-0.15, -0.1) is 0 Å². The Labute approximate surface area is 95.2 Å². The van der Waals surface area contributed by atoms with Crippen LogP contribution in [0.4, 0.5) is 4.79 Å². The summed E-state index contributed by atoms with van der Waals surface area (Å²) in [7, 11) is 0. The Morgan fingerprint density at radius 1 is 1.38 bits per heavy atom. The molecule has 0 bridgehead atoms. The standard InChI is InChI=1S/C12H17NO3/c1-9(2)16-12(15)13-11(8-14)10-6-4-3-5-7-10/h3-7,9,11,14H,8H2,1-2H3,(H,13,15)/t11-/m0/s1. The predicted molar refractivity (Wildman–Crippen MR) is 61.0 cm³/mol. The fraction of sp³-hybridized carbons (Fsp3) is 0.417. The van der Waals surface area contributed by atoms with E-state index in [0.29, 0.717) is 0 Å². The van der Waals surface area contributed by atoms with E-state index >= 15 is 0 Å². The molecular weight excluding hydrogens is 206 g/mol. The van der Waals surface area contributed by atoms with Crippen LogP contribution in [0.25, 0.3) is 0 Å². The van der Waals surface area contributed by atoms with Crippen LogP contribution in [0.3, 0.4) is 0 Å². The zero-order chi connectivity index (χ0) is 12.0. The second kappa shape index (κ2) is 6.12. The first-order chi connectivity index (χ1) is 7.63. The molecule has 88 valence electrons. The van der Waals surface area contributed by atoms with Gasteiger partial charge < -0.3 is 15.2 Å². The molecule has 1 atom stereocenters. The van der Waals surface area contributed by atoms with Crippen molar-refractivity contribution in [2.75, 3.05) is 6.61 Å². The van der Waals surface area contributed by atoms with E-state index in [1.54, 1.807) is 13.8 Å². The van der Waals surface area contributed by atoms with Gasteiger partial charge in [0, 0.05) is 0 Å². The number of amides is 1. The van der Waals surface area contributed by atoms with E-state index in [0.717, 1.165) is 5.56 Å². The first kappa shape index (κ1) is 12.5. The van der Waals surface area contributed by atoms with E-state index in [1.165, 1.54) is 0 Å². The van der Waals surface area contributed by atoms with E-state index in [4.69, 9.17) is 4.74 Å². The number of carbonyl (C=O) groups is 1. The molecule has 0 fully saturated rings. The van der Waals surface area contributed by atoms with Gasteiger partial charge in [-0.1, -0.05) is 30.3 Å². The smallest absolute Gasteiger partial charge is 0.407 e.